The quantitative estimate of drug-likeness (QED) is 0.320. The molecule has 0 saturated heterocycles. The molecule has 0 aliphatic heterocycles. The minimum atomic E-state index is -0.307. The number of nitrogens with one attached hydrogen (secondary N) is 2. The van der Waals surface area contributed by atoms with Gasteiger partial charge in [0.1, 0.15) is 11.5 Å². The molecule has 2 amide bonds. The first-order valence-electron chi connectivity index (χ1n) is 11.5. The SMILES string of the molecule is CC(C)CN(C)CCn1cc2cc(NC(=O)Nc3ccc(Oc4ccccc4)cc3)ccc2n1. The number of ether oxygens (including phenoxy) is 1. The van der Waals surface area contributed by atoms with Crippen molar-refractivity contribution < 1.29 is 9.53 Å². The third-order valence-corrected chi connectivity index (χ3v) is 5.29. The van der Waals surface area contributed by atoms with Gasteiger partial charge in [-0.3, -0.25) is 4.68 Å². The number of likely N-dealkylation sites (N-methyl/N-ethyl adjacent to an activating group) is 1. The number of rotatable bonds is 9. The summed E-state index contributed by atoms with van der Waals surface area (Å²) in [4.78, 5) is 14.8. The van der Waals surface area contributed by atoms with E-state index in [9.17, 15) is 4.79 Å². The number of amides is 2. The van der Waals surface area contributed by atoms with Gasteiger partial charge in [0, 0.05) is 36.0 Å². The largest absolute Gasteiger partial charge is 0.457 e. The second-order valence-electron chi connectivity index (χ2n) is 8.84. The van der Waals surface area contributed by atoms with Crippen molar-refractivity contribution in [2.45, 2.75) is 20.4 Å². The van der Waals surface area contributed by atoms with Crippen LogP contribution < -0.4 is 15.4 Å². The summed E-state index contributed by atoms with van der Waals surface area (Å²) < 4.78 is 7.75. The number of para-hydroxylation sites is 1. The Morgan fingerprint density at radius 2 is 1.65 bits per heavy atom. The topological polar surface area (TPSA) is 71.4 Å². The van der Waals surface area contributed by atoms with E-state index < -0.39 is 0 Å². The van der Waals surface area contributed by atoms with Gasteiger partial charge in [0.25, 0.3) is 0 Å². The predicted octanol–water partition coefficient (Wildman–Crippen LogP) is 6.06. The maximum absolute atomic E-state index is 12.5. The molecule has 1 heterocycles. The molecule has 1 aromatic heterocycles. The second kappa shape index (κ2) is 10.9. The monoisotopic (exact) mass is 457 g/mol. The molecular formula is C27H31N5O2. The number of benzene rings is 3. The second-order valence-corrected chi connectivity index (χ2v) is 8.84. The van der Waals surface area contributed by atoms with Crippen molar-refractivity contribution in [2.24, 2.45) is 5.92 Å². The van der Waals surface area contributed by atoms with Crippen LogP contribution in [-0.4, -0.2) is 40.8 Å². The van der Waals surface area contributed by atoms with E-state index in [1.165, 1.54) is 0 Å². The summed E-state index contributed by atoms with van der Waals surface area (Å²) >= 11 is 0. The van der Waals surface area contributed by atoms with Crippen molar-refractivity contribution in [3.05, 3.63) is 79.0 Å². The molecule has 0 unspecified atom stereocenters. The molecular weight excluding hydrogens is 426 g/mol. The molecule has 0 atom stereocenters. The van der Waals surface area contributed by atoms with Crippen LogP contribution in [0.5, 0.6) is 11.5 Å². The smallest absolute Gasteiger partial charge is 0.323 e. The van der Waals surface area contributed by atoms with E-state index in [0.717, 1.165) is 36.3 Å². The zero-order valence-corrected chi connectivity index (χ0v) is 19.9. The zero-order chi connectivity index (χ0) is 23.9. The first kappa shape index (κ1) is 23.3. The number of nitrogens with zero attached hydrogens (tertiary/aromatic N) is 3. The van der Waals surface area contributed by atoms with E-state index in [1.54, 1.807) is 12.1 Å². The van der Waals surface area contributed by atoms with Crippen LogP contribution in [0.2, 0.25) is 0 Å². The molecule has 176 valence electrons. The van der Waals surface area contributed by atoms with Crippen LogP contribution in [0, 0.1) is 5.92 Å². The lowest BCUT2D eigenvalue weighted by atomic mass is 10.2. The lowest BCUT2D eigenvalue weighted by Crippen LogP contribution is -2.27. The van der Waals surface area contributed by atoms with Crippen molar-refractivity contribution in [2.75, 3.05) is 30.8 Å². The first-order valence-corrected chi connectivity index (χ1v) is 11.5. The van der Waals surface area contributed by atoms with Crippen molar-refractivity contribution in [1.82, 2.24) is 14.7 Å². The van der Waals surface area contributed by atoms with E-state index >= 15 is 0 Å². The summed E-state index contributed by atoms with van der Waals surface area (Å²) in [6.45, 7) is 7.27. The van der Waals surface area contributed by atoms with E-state index in [1.807, 2.05) is 71.5 Å². The van der Waals surface area contributed by atoms with Gasteiger partial charge in [-0.15, -0.1) is 0 Å². The molecule has 0 aliphatic rings. The Kier molecular flexibility index (Phi) is 7.44. The minimum Gasteiger partial charge on any atom is -0.457 e. The summed E-state index contributed by atoms with van der Waals surface area (Å²) in [6, 6.07) is 22.2. The van der Waals surface area contributed by atoms with Crippen LogP contribution in [0.15, 0.2) is 79.0 Å². The van der Waals surface area contributed by atoms with Crippen LogP contribution in [0.25, 0.3) is 10.9 Å². The van der Waals surface area contributed by atoms with Gasteiger partial charge in [0.05, 0.1) is 12.1 Å². The fraction of sp³-hybridized carbons (Fsp3) is 0.259. The van der Waals surface area contributed by atoms with Crippen LogP contribution in [0.3, 0.4) is 0 Å². The Morgan fingerprint density at radius 3 is 2.38 bits per heavy atom. The van der Waals surface area contributed by atoms with Gasteiger partial charge in [-0.25, -0.2) is 4.79 Å². The van der Waals surface area contributed by atoms with E-state index in [2.05, 4.69) is 41.5 Å². The number of anilines is 2. The van der Waals surface area contributed by atoms with Crippen LogP contribution in [0.4, 0.5) is 16.2 Å². The Balaban J connectivity index is 1.31. The third kappa shape index (κ3) is 6.59. The molecule has 2 N–H and O–H groups in total. The van der Waals surface area contributed by atoms with Crippen molar-refractivity contribution in [3.63, 3.8) is 0 Å². The number of urea groups is 1. The highest BCUT2D eigenvalue weighted by Gasteiger charge is 2.08. The highest BCUT2D eigenvalue weighted by Crippen LogP contribution is 2.23. The standard InChI is InChI=1S/C27H31N5O2/c1-20(2)18-31(3)15-16-32-19-21-17-23(11-14-26(21)30-32)29-27(33)28-22-9-12-25(13-10-22)34-24-7-5-4-6-8-24/h4-14,17,19-20H,15-16,18H2,1-3H3,(H2,28,29,33). The minimum absolute atomic E-state index is 0.307. The van der Waals surface area contributed by atoms with E-state index in [4.69, 9.17) is 4.74 Å². The van der Waals surface area contributed by atoms with Crippen LogP contribution in [-0.2, 0) is 6.54 Å². The lowest BCUT2D eigenvalue weighted by Gasteiger charge is -2.18. The molecule has 7 nitrogen and oxygen atoms in total. The zero-order valence-electron chi connectivity index (χ0n) is 19.9. The van der Waals surface area contributed by atoms with Gasteiger partial charge in [-0.2, -0.15) is 5.10 Å². The van der Waals surface area contributed by atoms with E-state index in [-0.39, 0.29) is 6.03 Å². The molecule has 3 aromatic carbocycles. The number of aromatic nitrogens is 2. The fourth-order valence-electron chi connectivity index (χ4n) is 3.78. The maximum atomic E-state index is 12.5. The average molecular weight is 458 g/mol. The van der Waals surface area contributed by atoms with Crippen molar-refractivity contribution in [1.29, 1.82) is 0 Å². The molecule has 4 aromatic rings. The number of carbonyl (C=O) groups is 1. The van der Waals surface area contributed by atoms with Gasteiger partial charge in [-0.05, 0) is 67.6 Å². The first-order chi connectivity index (χ1) is 16.4. The normalized spacial score (nSPS) is 11.2. The third-order valence-electron chi connectivity index (χ3n) is 5.29. The maximum Gasteiger partial charge on any atom is 0.323 e. The number of fused-ring (bicyclic) bond motifs is 1. The molecule has 0 bridgehead atoms. The van der Waals surface area contributed by atoms with Gasteiger partial charge in [0.2, 0.25) is 0 Å². The number of carbonyl (C=O) groups excluding carboxylic acids is 1. The molecule has 0 saturated carbocycles. The molecule has 0 spiro atoms. The summed E-state index contributed by atoms with van der Waals surface area (Å²) in [5, 5.41) is 11.4. The Hall–Kier alpha value is -3.84. The number of hydrogen-bond acceptors (Lipinski definition) is 4. The van der Waals surface area contributed by atoms with Gasteiger partial charge in [-0.1, -0.05) is 32.0 Å². The van der Waals surface area contributed by atoms with Gasteiger partial charge < -0.3 is 20.3 Å². The Morgan fingerprint density at radius 1 is 0.971 bits per heavy atom. The van der Waals surface area contributed by atoms with Gasteiger partial charge >= 0.3 is 6.03 Å². The summed E-state index contributed by atoms with van der Waals surface area (Å²) in [5.74, 6) is 2.11. The molecule has 0 fully saturated rings. The highest BCUT2D eigenvalue weighted by molar-refractivity contribution is 6.00. The molecule has 34 heavy (non-hydrogen) atoms. The predicted molar refractivity (Wildman–Crippen MR) is 138 cm³/mol. The molecule has 0 radical (unpaired) electrons. The molecule has 7 heteroatoms. The summed E-state index contributed by atoms with van der Waals surface area (Å²) in [5.41, 5.74) is 2.30. The number of hydrogen-bond donors (Lipinski definition) is 2. The van der Waals surface area contributed by atoms with Crippen molar-refractivity contribution >= 4 is 28.3 Å². The molecule has 4 rings (SSSR count). The van der Waals surface area contributed by atoms with Crippen LogP contribution in [0.1, 0.15) is 13.8 Å². The lowest BCUT2D eigenvalue weighted by molar-refractivity contribution is 0.262. The van der Waals surface area contributed by atoms with Crippen molar-refractivity contribution in [3.8, 4) is 11.5 Å². The van der Waals surface area contributed by atoms with E-state index in [0.29, 0.717) is 23.0 Å². The summed E-state index contributed by atoms with van der Waals surface area (Å²) in [6.07, 6.45) is 2.02. The molecule has 0 aliphatic carbocycles. The Bertz CT molecular complexity index is 1220. The van der Waals surface area contributed by atoms with Crippen LogP contribution >= 0.6 is 0 Å². The van der Waals surface area contributed by atoms with Gasteiger partial charge in [0.15, 0.2) is 0 Å². The highest BCUT2D eigenvalue weighted by atomic mass is 16.5. The average Bonchev–Trinajstić information content (AvgIpc) is 3.21. The fourth-order valence-corrected chi connectivity index (χ4v) is 3.78. The summed E-state index contributed by atoms with van der Waals surface area (Å²) in [7, 11) is 2.13. The Labute approximate surface area is 200 Å².